The lowest BCUT2D eigenvalue weighted by molar-refractivity contribution is -0.135. The number of anilines is 1. The molecule has 3 unspecified atom stereocenters. The predicted octanol–water partition coefficient (Wildman–Crippen LogP) is 4.83. The number of pyridine rings is 1. The number of aromatic nitrogens is 2. The number of carbonyl (C=O) groups excluding carboxylic acids is 3. The number of aliphatic hydroxyl groups is 1. The summed E-state index contributed by atoms with van der Waals surface area (Å²) in [6.07, 6.45) is 7.79. The van der Waals surface area contributed by atoms with Crippen molar-refractivity contribution in [1.29, 1.82) is 0 Å². The Labute approximate surface area is 264 Å². The summed E-state index contributed by atoms with van der Waals surface area (Å²) in [6.45, 7) is 10.1. The van der Waals surface area contributed by atoms with E-state index < -0.39 is 24.0 Å². The smallest absolute Gasteiger partial charge is 0.250 e. The van der Waals surface area contributed by atoms with Gasteiger partial charge in [0.1, 0.15) is 12.1 Å². The van der Waals surface area contributed by atoms with Gasteiger partial charge in [0.2, 0.25) is 11.8 Å². The number of likely N-dealkylation sites (tertiary alicyclic amines) is 1. The van der Waals surface area contributed by atoms with Crippen molar-refractivity contribution in [3.05, 3.63) is 109 Å². The third-order valence-corrected chi connectivity index (χ3v) is 8.46. The molecule has 1 fully saturated rings. The number of benzene rings is 2. The Bertz CT molecular complexity index is 1660. The van der Waals surface area contributed by atoms with Gasteiger partial charge in [0, 0.05) is 47.3 Å². The standard InChI is InChI=1S/C36H41N5O4/c1-5-32(43)40-19-9-13-31(40)35(45)41(28-16-14-26(15-17-28)36(2,3)4)33(24-10-8-18-37-21-24)34(44)39-27(23-42)20-25-22-38-30-12-7-6-11-29(25)30/h5-8,10-12,14-18,21-22,27,31,33,38,42H,1,9,13,19-20,23H2,2-4H3,(H,39,44). The van der Waals surface area contributed by atoms with Crippen LogP contribution in [0.4, 0.5) is 5.69 Å². The first-order chi connectivity index (χ1) is 21.6. The minimum absolute atomic E-state index is 0.122. The van der Waals surface area contributed by atoms with Crippen LogP contribution in [0, 0.1) is 0 Å². The molecule has 0 aliphatic carbocycles. The second kappa shape index (κ2) is 13.5. The Hall–Kier alpha value is -4.76. The highest BCUT2D eigenvalue weighted by molar-refractivity contribution is 6.05. The van der Waals surface area contributed by atoms with Gasteiger partial charge in [-0.15, -0.1) is 0 Å². The monoisotopic (exact) mass is 607 g/mol. The van der Waals surface area contributed by atoms with Crippen molar-refractivity contribution >= 4 is 34.3 Å². The zero-order valence-electron chi connectivity index (χ0n) is 26.1. The fourth-order valence-electron chi connectivity index (χ4n) is 6.05. The topological polar surface area (TPSA) is 119 Å². The molecule has 3 amide bonds. The van der Waals surface area contributed by atoms with Crippen molar-refractivity contribution in [1.82, 2.24) is 20.2 Å². The number of fused-ring (bicyclic) bond motifs is 1. The molecule has 0 spiro atoms. The number of amides is 3. The molecule has 1 saturated heterocycles. The summed E-state index contributed by atoms with van der Waals surface area (Å²) >= 11 is 0. The predicted molar refractivity (Wildman–Crippen MR) is 176 cm³/mol. The number of aliphatic hydroxyl groups excluding tert-OH is 1. The van der Waals surface area contributed by atoms with Gasteiger partial charge in [0.25, 0.3) is 5.91 Å². The number of hydrogen-bond acceptors (Lipinski definition) is 5. The molecule has 0 bridgehead atoms. The van der Waals surface area contributed by atoms with Crippen LogP contribution in [0.1, 0.15) is 56.3 Å². The summed E-state index contributed by atoms with van der Waals surface area (Å²) in [7, 11) is 0. The van der Waals surface area contributed by atoms with Crippen LogP contribution in [0.15, 0.2) is 91.9 Å². The number of nitrogens with one attached hydrogen (secondary N) is 2. The summed E-state index contributed by atoms with van der Waals surface area (Å²) < 4.78 is 0. The van der Waals surface area contributed by atoms with E-state index in [1.54, 1.807) is 24.5 Å². The van der Waals surface area contributed by atoms with Crippen LogP contribution in [-0.4, -0.2) is 62.9 Å². The Balaban J connectivity index is 1.55. The molecule has 2 aromatic heterocycles. The summed E-state index contributed by atoms with van der Waals surface area (Å²) in [4.78, 5) is 52.3. The van der Waals surface area contributed by atoms with Crippen LogP contribution >= 0.6 is 0 Å². The minimum Gasteiger partial charge on any atom is -0.394 e. The molecular weight excluding hydrogens is 566 g/mol. The van der Waals surface area contributed by atoms with Crippen LogP contribution < -0.4 is 10.2 Å². The lowest BCUT2D eigenvalue weighted by Gasteiger charge is -2.36. The van der Waals surface area contributed by atoms with Crippen LogP contribution in [0.2, 0.25) is 0 Å². The van der Waals surface area contributed by atoms with E-state index in [0.29, 0.717) is 37.1 Å². The summed E-state index contributed by atoms with van der Waals surface area (Å²) in [6, 6.07) is 16.5. The molecular formula is C36H41N5O4. The number of H-pyrrole nitrogens is 1. The fraction of sp³-hybridized carbons (Fsp3) is 0.333. The maximum Gasteiger partial charge on any atom is 0.250 e. The number of carbonyl (C=O) groups is 3. The second-order valence-corrected chi connectivity index (χ2v) is 12.5. The van der Waals surface area contributed by atoms with Gasteiger partial charge in [-0.3, -0.25) is 24.3 Å². The van der Waals surface area contributed by atoms with Gasteiger partial charge in [0.05, 0.1) is 12.6 Å². The van der Waals surface area contributed by atoms with Gasteiger partial charge in [-0.1, -0.05) is 63.7 Å². The molecule has 9 heteroatoms. The average Bonchev–Trinajstić information content (AvgIpc) is 3.70. The number of rotatable bonds is 10. The van der Waals surface area contributed by atoms with Crippen molar-refractivity contribution in [2.45, 2.75) is 63.6 Å². The Morgan fingerprint density at radius 3 is 2.56 bits per heavy atom. The molecule has 3 heterocycles. The number of nitrogens with zero attached hydrogens (tertiary/aromatic N) is 3. The Kier molecular flexibility index (Phi) is 9.48. The van der Waals surface area contributed by atoms with Crippen molar-refractivity contribution < 1.29 is 19.5 Å². The van der Waals surface area contributed by atoms with E-state index in [2.05, 4.69) is 42.6 Å². The molecule has 1 aliphatic rings. The lowest BCUT2D eigenvalue weighted by Crippen LogP contribution is -2.53. The van der Waals surface area contributed by atoms with Gasteiger partial charge in [-0.2, -0.15) is 0 Å². The van der Waals surface area contributed by atoms with Gasteiger partial charge in [-0.25, -0.2) is 0 Å². The quantitative estimate of drug-likeness (QED) is 0.223. The molecule has 2 aromatic carbocycles. The second-order valence-electron chi connectivity index (χ2n) is 12.5. The van der Waals surface area contributed by atoms with E-state index >= 15 is 0 Å². The Morgan fingerprint density at radius 1 is 1.13 bits per heavy atom. The minimum atomic E-state index is -1.12. The first kappa shape index (κ1) is 31.7. The van der Waals surface area contributed by atoms with Crippen LogP contribution in [0.3, 0.4) is 0 Å². The van der Waals surface area contributed by atoms with E-state index in [9.17, 15) is 19.5 Å². The molecule has 9 nitrogen and oxygen atoms in total. The highest BCUT2D eigenvalue weighted by atomic mass is 16.3. The summed E-state index contributed by atoms with van der Waals surface area (Å²) in [5.41, 5.74) is 3.90. The van der Waals surface area contributed by atoms with Crippen LogP contribution in [0.25, 0.3) is 10.9 Å². The SMILES string of the molecule is C=CC(=O)N1CCCC1C(=O)N(c1ccc(C(C)(C)C)cc1)C(C(=O)NC(CO)Cc1c[nH]c2ccccc12)c1cccnc1. The van der Waals surface area contributed by atoms with Gasteiger partial charge in [-0.05, 0) is 66.1 Å². The largest absolute Gasteiger partial charge is 0.394 e. The third kappa shape index (κ3) is 6.83. The Morgan fingerprint density at radius 2 is 1.89 bits per heavy atom. The molecule has 3 N–H and O–H groups in total. The molecule has 0 saturated carbocycles. The zero-order chi connectivity index (χ0) is 32.1. The van der Waals surface area contributed by atoms with Crippen molar-refractivity contribution in [2.75, 3.05) is 18.1 Å². The maximum atomic E-state index is 14.6. The third-order valence-electron chi connectivity index (χ3n) is 8.46. The molecule has 0 radical (unpaired) electrons. The summed E-state index contributed by atoms with van der Waals surface area (Å²) in [5.74, 6) is -1.16. The fourth-order valence-corrected chi connectivity index (χ4v) is 6.05. The van der Waals surface area contributed by atoms with E-state index in [0.717, 1.165) is 22.0 Å². The van der Waals surface area contributed by atoms with Crippen LogP contribution in [0.5, 0.6) is 0 Å². The number of hydrogen-bond donors (Lipinski definition) is 3. The first-order valence-electron chi connectivity index (χ1n) is 15.3. The lowest BCUT2D eigenvalue weighted by atomic mass is 9.87. The van der Waals surface area contributed by atoms with E-state index in [-0.39, 0.29) is 23.8 Å². The van der Waals surface area contributed by atoms with Gasteiger partial charge < -0.3 is 20.3 Å². The molecule has 1 aliphatic heterocycles. The number of aromatic amines is 1. The van der Waals surface area contributed by atoms with Crippen molar-refractivity contribution in [3.63, 3.8) is 0 Å². The number of para-hydroxylation sites is 1. The molecule has 5 rings (SSSR count). The van der Waals surface area contributed by atoms with E-state index in [1.807, 2.05) is 54.7 Å². The highest BCUT2D eigenvalue weighted by Gasteiger charge is 2.41. The highest BCUT2D eigenvalue weighted by Crippen LogP contribution is 2.33. The van der Waals surface area contributed by atoms with E-state index in [4.69, 9.17) is 0 Å². The van der Waals surface area contributed by atoms with Gasteiger partial charge in [0.15, 0.2) is 0 Å². The average molecular weight is 608 g/mol. The molecule has 45 heavy (non-hydrogen) atoms. The molecule has 4 aromatic rings. The normalized spacial score (nSPS) is 16.3. The van der Waals surface area contributed by atoms with Crippen molar-refractivity contribution in [2.24, 2.45) is 0 Å². The van der Waals surface area contributed by atoms with Crippen molar-refractivity contribution in [3.8, 4) is 0 Å². The molecule has 3 atom stereocenters. The molecule has 234 valence electrons. The zero-order valence-corrected chi connectivity index (χ0v) is 26.1. The van der Waals surface area contributed by atoms with Crippen LogP contribution in [-0.2, 0) is 26.2 Å². The van der Waals surface area contributed by atoms with Gasteiger partial charge >= 0.3 is 0 Å². The maximum absolute atomic E-state index is 14.6. The summed E-state index contributed by atoms with van der Waals surface area (Å²) in [5, 5.41) is 14.4. The van der Waals surface area contributed by atoms with E-state index in [1.165, 1.54) is 15.9 Å². The first-order valence-corrected chi connectivity index (χ1v) is 15.3.